The lowest BCUT2D eigenvalue weighted by Gasteiger charge is -2.33. The molecule has 0 bridgehead atoms. The van der Waals surface area contributed by atoms with Crippen LogP contribution in [0.3, 0.4) is 0 Å². The fourth-order valence-electron chi connectivity index (χ4n) is 3.55. The number of sulfonamides is 1. The summed E-state index contributed by atoms with van der Waals surface area (Å²) in [5.41, 5.74) is 0.557. The number of halogens is 1. The average molecular weight is 437 g/mol. The van der Waals surface area contributed by atoms with Crippen LogP contribution in [0.1, 0.15) is 12.8 Å². The molecule has 1 aliphatic rings. The van der Waals surface area contributed by atoms with E-state index < -0.39 is 15.9 Å². The SMILES string of the molecule is COc1ccc(S(=O)(=O)N2CCCC(C(=O)N(C)c3ccc(F)cc3)C2)cc1OC. The largest absolute Gasteiger partial charge is 0.493 e. The number of piperidine rings is 1. The Balaban J connectivity index is 1.79. The monoisotopic (exact) mass is 436 g/mol. The normalized spacial score (nSPS) is 17.4. The van der Waals surface area contributed by atoms with Gasteiger partial charge in [-0.25, -0.2) is 12.8 Å². The van der Waals surface area contributed by atoms with Crippen molar-refractivity contribution in [2.75, 3.05) is 39.3 Å². The highest BCUT2D eigenvalue weighted by molar-refractivity contribution is 7.89. The third kappa shape index (κ3) is 4.41. The molecule has 1 saturated heterocycles. The van der Waals surface area contributed by atoms with Crippen LogP contribution in [-0.4, -0.2) is 53.0 Å². The van der Waals surface area contributed by atoms with Crippen LogP contribution in [0.2, 0.25) is 0 Å². The Morgan fingerprint density at radius 3 is 2.40 bits per heavy atom. The minimum absolute atomic E-state index is 0.0835. The molecule has 0 spiro atoms. The molecule has 0 radical (unpaired) electrons. The molecule has 1 fully saturated rings. The molecule has 7 nitrogen and oxygen atoms in total. The van der Waals surface area contributed by atoms with E-state index in [1.165, 1.54) is 59.8 Å². The first-order valence-corrected chi connectivity index (χ1v) is 11.0. The van der Waals surface area contributed by atoms with Gasteiger partial charge in [0.05, 0.1) is 25.0 Å². The molecular formula is C21H25FN2O5S. The quantitative estimate of drug-likeness (QED) is 0.696. The Bertz CT molecular complexity index is 1010. The number of benzene rings is 2. The van der Waals surface area contributed by atoms with Gasteiger partial charge in [-0.3, -0.25) is 4.79 Å². The topological polar surface area (TPSA) is 76.2 Å². The number of rotatable bonds is 6. The molecule has 0 aliphatic carbocycles. The number of carbonyl (C=O) groups excluding carboxylic acids is 1. The highest BCUT2D eigenvalue weighted by Gasteiger charge is 2.35. The Morgan fingerprint density at radius 1 is 1.10 bits per heavy atom. The van der Waals surface area contributed by atoms with Crippen molar-refractivity contribution in [1.29, 1.82) is 0 Å². The summed E-state index contributed by atoms with van der Waals surface area (Å²) in [4.78, 5) is 14.5. The maximum atomic E-state index is 13.2. The average Bonchev–Trinajstić information content (AvgIpc) is 2.78. The van der Waals surface area contributed by atoms with Crippen LogP contribution < -0.4 is 14.4 Å². The fraction of sp³-hybridized carbons (Fsp3) is 0.381. The zero-order chi connectivity index (χ0) is 21.9. The smallest absolute Gasteiger partial charge is 0.243 e. The Labute approximate surface area is 176 Å². The minimum Gasteiger partial charge on any atom is -0.493 e. The van der Waals surface area contributed by atoms with Gasteiger partial charge in [0, 0.05) is 31.9 Å². The van der Waals surface area contributed by atoms with Crippen LogP contribution in [-0.2, 0) is 14.8 Å². The number of ether oxygens (including phenoxy) is 2. The Hall–Kier alpha value is -2.65. The number of methoxy groups -OCH3 is 2. The van der Waals surface area contributed by atoms with Crippen molar-refractivity contribution in [3.05, 3.63) is 48.3 Å². The van der Waals surface area contributed by atoms with Gasteiger partial charge in [0.2, 0.25) is 15.9 Å². The molecule has 2 aromatic rings. The van der Waals surface area contributed by atoms with Crippen LogP contribution in [0.15, 0.2) is 47.4 Å². The second-order valence-electron chi connectivity index (χ2n) is 7.09. The molecule has 0 N–H and O–H groups in total. The van der Waals surface area contributed by atoms with Gasteiger partial charge in [-0.05, 0) is 49.2 Å². The number of hydrogen-bond acceptors (Lipinski definition) is 5. The van der Waals surface area contributed by atoms with Gasteiger partial charge in [0.15, 0.2) is 11.5 Å². The van der Waals surface area contributed by atoms with E-state index in [-0.39, 0.29) is 23.2 Å². The van der Waals surface area contributed by atoms with Crippen LogP contribution in [0.5, 0.6) is 11.5 Å². The van der Waals surface area contributed by atoms with Gasteiger partial charge in [0.25, 0.3) is 0 Å². The second kappa shape index (κ2) is 9.01. The van der Waals surface area contributed by atoms with Crippen LogP contribution >= 0.6 is 0 Å². The van der Waals surface area contributed by atoms with Crippen molar-refractivity contribution in [2.45, 2.75) is 17.7 Å². The van der Waals surface area contributed by atoms with Crippen molar-refractivity contribution in [3.8, 4) is 11.5 Å². The van der Waals surface area contributed by atoms with Crippen molar-refractivity contribution in [3.63, 3.8) is 0 Å². The van der Waals surface area contributed by atoms with Crippen molar-refractivity contribution < 1.29 is 27.1 Å². The summed E-state index contributed by atoms with van der Waals surface area (Å²) in [6.45, 7) is 0.418. The summed E-state index contributed by atoms with van der Waals surface area (Å²) < 4.78 is 51.2. The Morgan fingerprint density at radius 2 is 1.77 bits per heavy atom. The van der Waals surface area contributed by atoms with Crippen LogP contribution in [0, 0.1) is 11.7 Å². The standard InChI is InChI=1S/C21H25FN2O5S/c1-23(17-8-6-16(22)7-9-17)21(25)15-5-4-12-24(14-15)30(26,27)18-10-11-19(28-2)20(13-18)29-3/h6-11,13,15H,4-5,12,14H2,1-3H3. The summed E-state index contributed by atoms with van der Waals surface area (Å²) in [5.74, 6) is -0.315. The zero-order valence-electron chi connectivity index (χ0n) is 17.2. The molecule has 1 atom stereocenters. The van der Waals surface area contributed by atoms with Crippen molar-refractivity contribution in [1.82, 2.24) is 4.31 Å². The Kier molecular flexibility index (Phi) is 6.62. The van der Waals surface area contributed by atoms with Crippen LogP contribution in [0.25, 0.3) is 0 Å². The summed E-state index contributed by atoms with van der Waals surface area (Å²) in [6, 6.07) is 10.0. The highest BCUT2D eigenvalue weighted by atomic mass is 32.2. The van der Waals surface area contributed by atoms with E-state index in [1.54, 1.807) is 13.1 Å². The summed E-state index contributed by atoms with van der Waals surface area (Å²) in [6.07, 6.45) is 1.16. The van der Waals surface area contributed by atoms with E-state index in [1.807, 2.05) is 0 Å². The van der Waals surface area contributed by atoms with Crippen molar-refractivity contribution in [2.24, 2.45) is 5.92 Å². The summed E-state index contributed by atoms with van der Waals surface area (Å²) in [7, 11) is 0.720. The molecule has 3 rings (SSSR count). The molecular weight excluding hydrogens is 411 g/mol. The lowest BCUT2D eigenvalue weighted by atomic mass is 9.98. The molecule has 30 heavy (non-hydrogen) atoms. The molecule has 0 aromatic heterocycles. The number of nitrogens with zero attached hydrogens (tertiary/aromatic N) is 2. The fourth-order valence-corrected chi connectivity index (χ4v) is 5.09. The van der Waals surface area contributed by atoms with E-state index >= 15 is 0 Å². The van der Waals surface area contributed by atoms with Gasteiger partial charge < -0.3 is 14.4 Å². The third-order valence-corrected chi connectivity index (χ3v) is 7.13. The van der Waals surface area contributed by atoms with E-state index in [0.717, 1.165) is 0 Å². The molecule has 9 heteroatoms. The molecule has 162 valence electrons. The van der Waals surface area contributed by atoms with Gasteiger partial charge in [-0.1, -0.05) is 0 Å². The molecule has 1 heterocycles. The predicted molar refractivity (Wildman–Crippen MR) is 111 cm³/mol. The van der Waals surface area contributed by atoms with E-state index in [2.05, 4.69) is 0 Å². The maximum absolute atomic E-state index is 13.2. The van der Waals surface area contributed by atoms with E-state index in [0.29, 0.717) is 36.6 Å². The minimum atomic E-state index is -3.80. The first-order chi connectivity index (χ1) is 14.3. The molecule has 1 amide bonds. The number of amides is 1. The van der Waals surface area contributed by atoms with Gasteiger partial charge in [-0.15, -0.1) is 0 Å². The van der Waals surface area contributed by atoms with Crippen LogP contribution in [0.4, 0.5) is 10.1 Å². The highest BCUT2D eigenvalue weighted by Crippen LogP contribution is 2.32. The summed E-state index contributed by atoms with van der Waals surface area (Å²) in [5, 5.41) is 0. The van der Waals surface area contributed by atoms with E-state index in [4.69, 9.17) is 9.47 Å². The molecule has 1 aliphatic heterocycles. The van der Waals surface area contributed by atoms with Gasteiger partial charge in [0.1, 0.15) is 5.82 Å². The summed E-state index contributed by atoms with van der Waals surface area (Å²) >= 11 is 0. The lowest BCUT2D eigenvalue weighted by molar-refractivity contribution is -0.123. The predicted octanol–water partition coefficient (Wildman–Crippen LogP) is 2.91. The van der Waals surface area contributed by atoms with E-state index in [9.17, 15) is 17.6 Å². The zero-order valence-corrected chi connectivity index (χ0v) is 18.0. The number of anilines is 1. The van der Waals surface area contributed by atoms with Crippen molar-refractivity contribution >= 4 is 21.6 Å². The second-order valence-corrected chi connectivity index (χ2v) is 9.03. The first kappa shape index (κ1) is 22.0. The number of carbonyl (C=O) groups is 1. The molecule has 0 saturated carbocycles. The number of hydrogen-bond donors (Lipinski definition) is 0. The molecule has 1 unspecified atom stereocenters. The van der Waals surface area contributed by atoms with Gasteiger partial charge >= 0.3 is 0 Å². The maximum Gasteiger partial charge on any atom is 0.243 e. The lowest BCUT2D eigenvalue weighted by Crippen LogP contribution is -2.45. The van der Waals surface area contributed by atoms with Gasteiger partial charge in [-0.2, -0.15) is 4.31 Å². The third-order valence-electron chi connectivity index (χ3n) is 5.27. The molecule has 2 aromatic carbocycles. The first-order valence-electron chi connectivity index (χ1n) is 9.53.